The number of fused-ring (bicyclic) bond motifs is 1. The first-order chi connectivity index (χ1) is 9.00. The molecule has 4 nitrogen and oxygen atoms in total. The van der Waals surface area contributed by atoms with Crippen LogP contribution in [0.1, 0.15) is 10.4 Å². The first kappa shape index (κ1) is 13.9. The van der Waals surface area contributed by atoms with Gasteiger partial charge < -0.3 is 10.2 Å². The Balaban J connectivity index is 2.66. The molecule has 0 fully saturated rings. The van der Waals surface area contributed by atoms with E-state index in [2.05, 4.69) is 15.9 Å². The molecule has 0 atom stereocenters. The number of carbonyl (C=O) groups is 2. The van der Waals surface area contributed by atoms with Crippen LogP contribution in [0.4, 0.5) is 0 Å². The Labute approximate surface area is 121 Å². The van der Waals surface area contributed by atoms with E-state index in [0.29, 0.717) is 10.3 Å². The topological polar surface area (TPSA) is 74.6 Å². The largest absolute Gasteiger partial charge is 0.481 e. The van der Waals surface area contributed by atoms with Crippen molar-refractivity contribution in [3.8, 4) is 0 Å². The molecule has 0 aromatic heterocycles. The maximum absolute atomic E-state index is 11.3. The second kappa shape index (κ2) is 5.63. The Bertz CT molecular complexity index is 669. The molecular weight excluding hydrogens is 332 g/mol. The minimum atomic E-state index is -1.03. The molecule has 0 aliphatic carbocycles. The van der Waals surface area contributed by atoms with Crippen molar-refractivity contribution < 1.29 is 19.8 Å². The average Bonchev–Trinajstić information content (AvgIpc) is 2.37. The zero-order valence-electron chi connectivity index (χ0n) is 9.59. The molecule has 0 saturated carbocycles. The van der Waals surface area contributed by atoms with Crippen LogP contribution in [0.25, 0.3) is 10.8 Å². The lowest BCUT2D eigenvalue weighted by Gasteiger charge is -2.09. The standard InChI is InChI=1S/C13H9BrO4S/c14-9-4-5-10(19-6-11(15)16)12-7(9)2-1-3-8(12)13(17)18/h1-5H,6H2,(H,15,16)(H,17,18). The third-order valence-electron chi connectivity index (χ3n) is 2.53. The number of rotatable bonds is 4. The molecule has 0 heterocycles. The van der Waals surface area contributed by atoms with Crippen molar-refractivity contribution in [2.24, 2.45) is 0 Å². The van der Waals surface area contributed by atoms with Crippen LogP contribution in [0, 0.1) is 0 Å². The predicted octanol–water partition coefficient (Wildman–Crippen LogP) is 3.48. The SMILES string of the molecule is O=C(O)CSc1ccc(Br)c2cccc(C(=O)O)c12. The Morgan fingerprint density at radius 3 is 2.53 bits per heavy atom. The van der Waals surface area contributed by atoms with Gasteiger partial charge in [0, 0.05) is 14.8 Å². The summed E-state index contributed by atoms with van der Waals surface area (Å²) in [5.41, 5.74) is 0.173. The molecule has 2 aromatic carbocycles. The molecule has 6 heteroatoms. The quantitative estimate of drug-likeness (QED) is 0.833. The van der Waals surface area contributed by atoms with Gasteiger partial charge in [-0.25, -0.2) is 4.79 Å². The molecule has 0 saturated heterocycles. The number of carboxylic acid groups (broad SMARTS) is 2. The van der Waals surface area contributed by atoms with Crippen LogP contribution in [-0.4, -0.2) is 27.9 Å². The second-order valence-corrected chi connectivity index (χ2v) is 5.63. The van der Waals surface area contributed by atoms with Gasteiger partial charge in [-0.05, 0) is 23.6 Å². The van der Waals surface area contributed by atoms with E-state index in [0.717, 1.165) is 21.6 Å². The van der Waals surface area contributed by atoms with Gasteiger partial charge in [-0.3, -0.25) is 4.79 Å². The fourth-order valence-electron chi connectivity index (χ4n) is 1.78. The Hall–Kier alpha value is -1.53. The summed E-state index contributed by atoms with van der Waals surface area (Å²) in [5, 5.41) is 19.3. The lowest BCUT2D eigenvalue weighted by Crippen LogP contribution is -2.01. The van der Waals surface area contributed by atoms with Crippen molar-refractivity contribution in [1.29, 1.82) is 0 Å². The van der Waals surface area contributed by atoms with Gasteiger partial charge in [-0.1, -0.05) is 28.1 Å². The van der Waals surface area contributed by atoms with Gasteiger partial charge in [0.2, 0.25) is 0 Å². The number of halogens is 1. The van der Waals surface area contributed by atoms with Gasteiger partial charge in [0.15, 0.2) is 0 Å². The van der Waals surface area contributed by atoms with Crippen LogP contribution in [0.3, 0.4) is 0 Å². The van der Waals surface area contributed by atoms with Crippen LogP contribution in [0.15, 0.2) is 39.7 Å². The Kier molecular flexibility index (Phi) is 4.11. The van der Waals surface area contributed by atoms with Crippen LogP contribution in [0.2, 0.25) is 0 Å². The molecule has 0 spiro atoms. The van der Waals surface area contributed by atoms with Gasteiger partial charge in [0.05, 0.1) is 11.3 Å². The summed E-state index contributed by atoms with van der Waals surface area (Å²) in [6, 6.07) is 8.51. The van der Waals surface area contributed by atoms with Crippen molar-refractivity contribution in [2.75, 3.05) is 5.75 Å². The highest BCUT2D eigenvalue weighted by Gasteiger charge is 2.14. The lowest BCUT2D eigenvalue weighted by atomic mass is 10.0. The second-order valence-electron chi connectivity index (χ2n) is 3.76. The summed E-state index contributed by atoms with van der Waals surface area (Å²) in [7, 11) is 0. The molecule has 0 amide bonds. The molecule has 0 aliphatic heterocycles. The highest BCUT2D eigenvalue weighted by Crippen LogP contribution is 2.35. The van der Waals surface area contributed by atoms with E-state index in [9.17, 15) is 14.7 Å². The van der Waals surface area contributed by atoms with Crippen LogP contribution in [-0.2, 0) is 4.79 Å². The molecule has 2 aromatic rings. The van der Waals surface area contributed by atoms with Gasteiger partial charge in [-0.15, -0.1) is 11.8 Å². The monoisotopic (exact) mass is 340 g/mol. The van der Waals surface area contributed by atoms with E-state index >= 15 is 0 Å². The lowest BCUT2D eigenvalue weighted by molar-refractivity contribution is -0.133. The van der Waals surface area contributed by atoms with E-state index in [-0.39, 0.29) is 11.3 Å². The average molecular weight is 341 g/mol. The highest BCUT2D eigenvalue weighted by molar-refractivity contribution is 9.10. The molecule has 0 bridgehead atoms. The third kappa shape index (κ3) is 2.90. The number of benzene rings is 2. The molecule has 0 radical (unpaired) electrons. The number of aromatic carboxylic acids is 1. The summed E-state index contributed by atoms with van der Waals surface area (Å²) in [6.07, 6.45) is 0. The molecule has 2 N–H and O–H groups in total. The highest BCUT2D eigenvalue weighted by atomic mass is 79.9. The molecule has 0 unspecified atom stereocenters. The van der Waals surface area contributed by atoms with Crippen molar-refractivity contribution in [3.05, 3.63) is 40.4 Å². The number of hydrogen-bond donors (Lipinski definition) is 2. The smallest absolute Gasteiger partial charge is 0.336 e. The zero-order chi connectivity index (χ0) is 14.0. The van der Waals surface area contributed by atoms with Gasteiger partial charge >= 0.3 is 11.9 Å². The van der Waals surface area contributed by atoms with Gasteiger partial charge in [-0.2, -0.15) is 0 Å². The van der Waals surface area contributed by atoms with E-state index < -0.39 is 11.9 Å². The molecular formula is C13H9BrO4S. The molecule has 98 valence electrons. The van der Waals surface area contributed by atoms with E-state index in [4.69, 9.17) is 5.11 Å². The zero-order valence-corrected chi connectivity index (χ0v) is 12.0. The van der Waals surface area contributed by atoms with E-state index in [1.807, 2.05) is 0 Å². The van der Waals surface area contributed by atoms with Crippen LogP contribution in [0.5, 0.6) is 0 Å². The van der Waals surface area contributed by atoms with Crippen molar-refractivity contribution in [1.82, 2.24) is 0 Å². The van der Waals surface area contributed by atoms with Gasteiger partial charge in [0.25, 0.3) is 0 Å². The third-order valence-corrected chi connectivity index (χ3v) is 4.26. The first-order valence-corrected chi connectivity index (χ1v) is 7.07. The van der Waals surface area contributed by atoms with Gasteiger partial charge in [0.1, 0.15) is 0 Å². The van der Waals surface area contributed by atoms with E-state index in [1.165, 1.54) is 6.07 Å². The minimum Gasteiger partial charge on any atom is -0.481 e. The van der Waals surface area contributed by atoms with Crippen LogP contribution >= 0.6 is 27.7 Å². The first-order valence-electron chi connectivity index (χ1n) is 5.30. The molecule has 19 heavy (non-hydrogen) atoms. The number of thioether (sulfide) groups is 1. The summed E-state index contributed by atoms with van der Waals surface area (Å²) in [4.78, 5) is 22.6. The maximum Gasteiger partial charge on any atom is 0.336 e. The Morgan fingerprint density at radius 1 is 1.16 bits per heavy atom. The summed E-state index contributed by atoms with van der Waals surface area (Å²) < 4.78 is 0.783. The fraction of sp³-hybridized carbons (Fsp3) is 0.0769. The maximum atomic E-state index is 11.3. The minimum absolute atomic E-state index is 0.106. The van der Waals surface area contributed by atoms with Crippen molar-refractivity contribution in [3.63, 3.8) is 0 Å². The summed E-state index contributed by atoms with van der Waals surface area (Å²) in [6.45, 7) is 0. The summed E-state index contributed by atoms with van der Waals surface area (Å²) in [5.74, 6) is -2.07. The molecule has 0 aliphatic rings. The fourth-order valence-corrected chi connectivity index (χ4v) is 3.05. The number of hydrogen-bond acceptors (Lipinski definition) is 3. The Morgan fingerprint density at radius 2 is 1.89 bits per heavy atom. The molecule has 2 rings (SSSR count). The van der Waals surface area contributed by atoms with Crippen LogP contribution < -0.4 is 0 Å². The predicted molar refractivity (Wildman–Crippen MR) is 77.0 cm³/mol. The van der Waals surface area contributed by atoms with E-state index in [1.54, 1.807) is 24.3 Å². The number of carboxylic acids is 2. The van der Waals surface area contributed by atoms with Crippen molar-refractivity contribution in [2.45, 2.75) is 4.90 Å². The van der Waals surface area contributed by atoms with Crippen molar-refractivity contribution >= 4 is 50.4 Å². The normalized spacial score (nSPS) is 10.6. The number of aliphatic carboxylic acids is 1. The summed E-state index contributed by atoms with van der Waals surface area (Å²) >= 11 is 4.49.